The summed E-state index contributed by atoms with van der Waals surface area (Å²) >= 11 is 4.51. The molecule has 1 aromatic heterocycles. The minimum absolute atomic E-state index is 0.500. The van der Waals surface area contributed by atoms with Gasteiger partial charge in [0.05, 0.1) is 0 Å². The van der Waals surface area contributed by atoms with Gasteiger partial charge in [-0.2, -0.15) is 0 Å². The second-order valence-corrected chi connectivity index (χ2v) is 6.10. The van der Waals surface area contributed by atoms with Gasteiger partial charge in [-0.25, -0.2) is 0 Å². The number of nitrogens with zero attached hydrogens (tertiary/aromatic N) is 1. The molecule has 0 aliphatic carbocycles. The zero-order valence-electron chi connectivity index (χ0n) is 6.30. The molecule has 0 aliphatic heterocycles. The van der Waals surface area contributed by atoms with Gasteiger partial charge in [0.1, 0.15) is 0 Å². The molecule has 0 bridgehead atoms. The van der Waals surface area contributed by atoms with Crippen LogP contribution in [0.3, 0.4) is 0 Å². The number of pyridine rings is 1. The van der Waals surface area contributed by atoms with Crippen LogP contribution in [-0.4, -0.2) is 34.9 Å². The number of halogens is 1. The molecular weight excluding hydrogens is 336 g/mol. The first-order valence-corrected chi connectivity index (χ1v) is 8.95. The van der Waals surface area contributed by atoms with Crippen molar-refractivity contribution in [2.24, 2.45) is 0 Å². The third-order valence-corrected chi connectivity index (χ3v) is 5.24. The molecule has 1 aromatic rings. The van der Waals surface area contributed by atoms with E-state index in [2.05, 4.69) is 44.7 Å². The first-order valence-electron chi connectivity index (χ1n) is 3.02. The van der Waals surface area contributed by atoms with E-state index >= 15 is 0 Å². The van der Waals surface area contributed by atoms with E-state index in [1.165, 1.54) is 9.18 Å². The molecule has 0 aromatic carbocycles. The Kier molecular flexibility index (Phi) is 4.11. The maximum atomic E-state index is 4.52. The van der Waals surface area contributed by atoms with Gasteiger partial charge < -0.3 is 0 Å². The van der Waals surface area contributed by atoms with Gasteiger partial charge in [-0.3, -0.25) is 0 Å². The number of hydrogen-bond acceptors (Lipinski definition) is 1. The number of rotatable bonds is 2. The molecule has 0 saturated carbocycles. The van der Waals surface area contributed by atoms with Gasteiger partial charge in [-0.05, 0) is 0 Å². The Morgan fingerprint density at radius 2 is 2.00 bits per heavy atom. The first-order chi connectivity index (χ1) is 5.27. The van der Waals surface area contributed by atoms with Gasteiger partial charge in [0, 0.05) is 0 Å². The summed E-state index contributed by atoms with van der Waals surface area (Å²) in [6.07, 6.45) is 0. The third kappa shape index (κ3) is 2.57. The van der Waals surface area contributed by atoms with Crippen LogP contribution in [0.2, 0.25) is 11.6 Å². The molecule has 0 radical (unpaired) electrons. The molecule has 0 saturated heterocycles. The summed E-state index contributed by atoms with van der Waals surface area (Å²) in [6, 6.07) is 4.20. The molecular formula is C7H8BrNSe2. The molecule has 1 rings (SSSR count). The summed E-state index contributed by atoms with van der Waals surface area (Å²) in [4.78, 5) is 4.52. The van der Waals surface area contributed by atoms with Crippen LogP contribution in [0.4, 0.5) is 0 Å². The molecule has 0 amide bonds. The summed E-state index contributed by atoms with van der Waals surface area (Å²) in [6.45, 7) is 0. The average Bonchev–Trinajstić information content (AvgIpc) is 2.05. The second-order valence-electron chi connectivity index (χ2n) is 1.84. The molecule has 0 spiro atoms. The molecule has 1 heterocycles. The third-order valence-electron chi connectivity index (χ3n) is 1.19. The van der Waals surface area contributed by atoms with E-state index in [9.17, 15) is 0 Å². The molecule has 0 fully saturated rings. The van der Waals surface area contributed by atoms with E-state index < -0.39 is 0 Å². The molecule has 0 aliphatic rings. The van der Waals surface area contributed by atoms with Gasteiger partial charge in [-0.1, -0.05) is 0 Å². The summed E-state index contributed by atoms with van der Waals surface area (Å²) in [5, 5.41) is 0. The van der Waals surface area contributed by atoms with Crippen LogP contribution in [0.5, 0.6) is 0 Å². The van der Waals surface area contributed by atoms with Crippen molar-refractivity contribution < 1.29 is 0 Å². The SMILES string of the molecule is C[Se]c1ccc(Br)c([Se]C)n1. The summed E-state index contributed by atoms with van der Waals surface area (Å²) in [5.74, 6) is 4.38. The quantitative estimate of drug-likeness (QED) is 0.717. The van der Waals surface area contributed by atoms with Crippen molar-refractivity contribution in [2.45, 2.75) is 11.6 Å². The van der Waals surface area contributed by atoms with Crippen molar-refractivity contribution in [3.63, 3.8) is 0 Å². The monoisotopic (exact) mass is 345 g/mol. The number of aromatic nitrogens is 1. The van der Waals surface area contributed by atoms with E-state index in [-0.39, 0.29) is 0 Å². The maximum absolute atomic E-state index is 4.52. The van der Waals surface area contributed by atoms with Crippen LogP contribution in [0, 0.1) is 0 Å². The van der Waals surface area contributed by atoms with E-state index in [1.807, 2.05) is 0 Å². The normalized spacial score (nSPS) is 10.1. The van der Waals surface area contributed by atoms with Gasteiger partial charge in [0.15, 0.2) is 0 Å². The van der Waals surface area contributed by atoms with Crippen molar-refractivity contribution in [1.29, 1.82) is 0 Å². The Hall–Kier alpha value is 0.669. The van der Waals surface area contributed by atoms with Crippen molar-refractivity contribution in [3.8, 4) is 0 Å². The fourth-order valence-electron chi connectivity index (χ4n) is 0.663. The molecule has 4 heteroatoms. The zero-order valence-corrected chi connectivity index (χ0v) is 11.3. The molecule has 60 valence electrons. The molecule has 11 heavy (non-hydrogen) atoms. The topological polar surface area (TPSA) is 12.9 Å². The predicted octanol–water partition coefficient (Wildman–Crippen LogP) is 0.599. The Bertz CT molecular complexity index is 252. The molecule has 0 unspecified atom stereocenters. The van der Waals surface area contributed by atoms with Crippen LogP contribution in [-0.2, 0) is 0 Å². The van der Waals surface area contributed by atoms with E-state index in [0.29, 0.717) is 29.9 Å². The molecule has 0 atom stereocenters. The molecule has 0 N–H and O–H groups in total. The van der Waals surface area contributed by atoms with Crippen molar-refractivity contribution >= 4 is 55.0 Å². The van der Waals surface area contributed by atoms with Crippen LogP contribution in [0.15, 0.2) is 16.6 Å². The summed E-state index contributed by atoms with van der Waals surface area (Å²) < 4.78 is 3.64. The fourth-order valence-corrected chi connectivity index (χ4v) is 3.78. The second kappa shape index (κ2) is 4.64. The van der Waals surface area contributed by atoms with Crippen LogP contribution < -0.4 is 9.18 Å². The Morgan fingerprint density at radius 3 is 2.55 bits per heavy atom. The van der Waals surface area contributed by atoms with Gasteiger partial charge in [0.25, 0.3) is 0 Å². The number of hydrogen-bond donors (Lipinski definition) is 0. The first kappa shape index (κ1) is 9.75. The van der Waals surface area contributed by atoms with Crippen LogP contribution in [0.25, 0.3) is 0 Å². The summed E-state index contributed by atoms with van der Waals surface area (Å²) in [5.41, 5.74) is 0. The van der Waals surface area contributed by atoms with Crippen LogP contribution >= 0.6 is 15.9 Å². The zero-order chi connectivity index (χ0) is 8.27. The Balaban J connectivity index is 3.02. The Morgan fingerprint density at radius 1 is 1.27 bits per heavy atom. The average molecular weight is 344 g/mol. The Labute approximate surface area is 87.8 Å². The van der Waals surface area contributed by atoms with Gasteiger partial charge >= 0.3 is 88.3 Å². The minimum atomic E-state index is 0.500. The van der Waals surface area contributed by atoms with Crippen molar-refractivity contribution in [2.75, 3.05) is 0 Å². The van der Waals surface area contributed by atoms with E-state index in [4.69, 9.17) is 0 Å². The van der Waals surface area contributed by atoms with E-state index in [1.54, 1.807) is 0 Å². The van der Waals surface area contributed by atoms with Crippen molar-refractivity contribution in [3.05, 3.63) is 16.6 Å². The fraction of sp³-hybridized carbons (Fsp3) is 0.286. The van der Waals surface area contributed by atoms with E-state index in [0.717, 1.165) is 4.47 Å². The standard InChI is InChI=1S/C7H8BrNSe2/c1-10-6-4-3-5(8)7(9-6)11-2/h3-4H,1-2H3. The van der Waals surface area contributed by atoms with Gasteiger partial charge in [0.2, 0.25) is 0 Å². The predicted molar refractivity (Wildman–Crippen MR) is 54.4 cm³/mol. The van der Waals surface area contributed by atoms with Crippen LogP contribution in [0.1, 0.15) is 0 Å². The summed E-state index contributed by atoms with van der Waals surface area (Å²) in [7, 11) is 0. The van der Waals surface area contributed by atoms with Gasteiger partial charge in [-0.15, -0.1) is 0 Å². The molecule has 1 nitrogen and oxygen atoms in total. The van der Waals surface area contributed by atoms with Crippen molar-refractivity contribution in [1.82, 2.24) is 4.98 Å².